The Hall–Kier alpha value is -0.130. The summed E-state index contributed by atoms with van der Waals surface area (Å²) in [6.45, 7) is 3.98. The van der Waals surface area contributed by atoms with E-state index >= 15 is 0 Å². The molecule has 3 nitrogen and oxygen atoms in total. The van der Waals surface area contributed by atoms with Gasteiger partial charge < -0.3 is 14.8 Å². The highest BCUT2D eigenvalue weighted by molar-refractivity contribution is 9.10. The first-order chi connectivity index (χ1) is 9.24. The molecule has 108 valence electrons. The zero-order valence-corrected chi connectivity index (χ0v) is 13.6. The summed E-state index contributed by atoms with van der Waals surface area (Å²) in [6.07, 6.45) is 2.18. The number of unbranched alkanes of at least 4 members (excludes halogenated alkanes) is 1. The SMILES string of the molecule is COCCOCCCCNCc1ccc(Br)c(Cl)c1. The van der Waals surface area contributed by atoms with E-state index in [9.17, 15) is 0 Å². The maximum atomic E-state index is 6.04. The first kappa shape index (κ1) is 16.9. The molecule has 0 bridgehead atoms. The van der Waals surface area contributed by atoms with Gasteiger partial charge in [0.1, 0.15) is 0 Å². The van der Waals surface area contributed by atoms with Gasteiger partial charge in [0.25, 0.3) is 0 Å². The minimum Gasteiger partial charge on any atom is -0.382 e. The van der Waals surface area contributed by atoms with Gasteiger partial charge in [-0.25, -0.2) is 0 Å². The van der Waals surface area contributed by atoms with Crippen LogP contribution in [0, 0.1) is 0 Å². The van der Waals surface area contributed by atoms with Crippen molar-refractivity contribution in [1.29, 1.82) is 0 Å². The van der Waals surface area contributed by atoms with Crippen LogP contribution in [0.25, 0.3) is 0 Å². The van der Waals surface area contributed by atoms with E-state index in [0.717, 1.165) is 42.0 Å². The topological polar surface area (TPSA) is 30.5 Å². The van der Waals surface area contributed by atoms with Crippen LogP contribution in [0.3, 0.4) is 0 Å². The van der Waals surface area contributed by atoms with Crippen molar-refractivity contribution < 1.29 is 9.47 Å². The smallest absolute Gasteiger partial charge is 0.0700 e. The number of hydrogen-bond acceptors (Lipinski definition) is 3. The second kappa shape index (κ2) is 10.6. The van der Waals surface area contributed by atoms with E-state index in [1.807, 2.05) is 12.1 Å². The van der Waals surface area contributed by atoms with E-state index in [2.05, 4.69) is 27.3 Å². The van der Waals surface area contributed by atoms with Crippen LogP contribution >= 0.6 is 27.5 Å². The predicted molar refractivity (Wildman–Crippen MR) is 82.8 cm³/mol. The zero-order chi connectivity index (χ0) is 13.9. The standard InChI is InChI=1S/C14H21BrClNO2/c1-18-8-9-19-7-3-2-6-17-11-12-4-5-13(15)14(16)10-12/h4-5,10,17H,2-3,6-9,11H2,1H3. The molecule has 0 unspecified atom stereocenters. The Kier molecular flexibility index (Phi) is 9.47. The van der Waals surface area contributed by atoms with Crippen molar-refractivity contribution in [2.45, 2.75) is 19.4 Å². The van der Waals surface area contributed by atoms with Gasteiger partial charge in [0.05, 0.1) is 18.2 Å². The third kappa shape index (κ3) is 7.90. The molecule has 1 aromatic rings. The van der Waals surface area contributed by atoms with Crippen molar-refractivity contribution in [2.24, 2.45) is 0 Å². The van der Waals surface area contributed by atoms with Crippen LogP contribution in [0.4, 0.5) is 0 Å². The van der Waals surface area contributed by atoms with Crippen molar-refractivity contribution in [1.82, 2.24) is 5.32 Å². The molecule has 0 atom stereocenters. The van der Waals surface area contributed by atoms with Gasteiger partial charge in [-0.1, -0.05) is 17.7 Å². The summed E-state index contributed by atoms with van der Waals surface area (Å²) in [4.78, 5) is 0. The van der Waals surface area contributed by atoms with Crippen LogP contribution in [0.15, 0.2) is 22.7 Å². The number of methoxy groups -OCH3 is 1. The Morgan fingerprint density at radius 1 is 1.21 bits per heavy atom. The van der Waals surface area contributed by atoms with Crippen LogP contribution in [0.5, 0.6) is 0 Å². The predicted octanol–water partition coefficient (Wildman–Crippen LogP) is 3.64. The Labute approximate surface area is 128 Å². The van der Waals surface area contributed by atoms with Gasteiger partial charge in [-0.3, -0.25) is 0 Å². The largest absolute Gasteiger partial charge is 0.382 e. The number of benzene rings is 1. The molecule has 1 N–H and O–H groups in total. The molecule has 19 heavy (non-hydrogen) atoms. The lowest BCUT2D eigenvalue weighted by atomic mass is 10.2. The number of hydrogen-bond donors (Lipinski definition) is 1. The van der Waals surface area contributed by atoms with E-state index in [0.29, 0.717) is 13.2 Å². The van der Waals surface area contributed by atoms with Gasteiger partial charge >= 0.3 is 0 Å². The number of rotatable bonds is 10. The van der Waals surface area contributed by atoms with Crippen molar-refractivity contribution in [3.05, 3.63) is 33.3 Å². The maximum absolute atomic E-state index is 6.04. The average Bonchev–Trinajstić information content (AvgIpc) is 2.41. The van der Waals surface area contributed by atoms with Crippen molar-refractivity contribution in [3.8, 4) is 0 Å². The van der Waals surface area contributed by atoms with Gasteiger partial charge in [0, 0.05) is 24.7 Å². The Balaban J connectivity index is 2.00. The highest BCUT2D eigenvalue weighted by atomic mass is 79.9. The van der Waals surface area contributed by atoms with Gasteiger partial charge in [-0.2, -0.15) is 0 Å². The molecule has 0 aliphatic heterocycles. The molecule has 5 heteroatoms. The summed E-state index contributed by atoms with van der Waals surface area (Å²) in [6, 6.07) is 6.02. The van der Waals surface area contributed by atoms with Crippen LogP contribution in [0.1, 0.15) is 18.4 Å². The van der Waals surface area contributed by atoms with Crippen molar-refractivity contribution in [3.63, 3.8) is 0 Å². The van der Waals surface area contributed by atoms with Gasteiger partial charge in [0.2, 0.25) is 0 Å². The molecule has 0 radical (unpaired) electrons. The minimum absolute atomic E-state index is 0.669. The van der Waals surface area contributed by atoms with E-state index in [1.54, 1.807) is 7.11 Å². The van der Waals surface area contributed by atoms with E-state index in [-0.39, 0.29) is 0 Å². The first-order valence-corrected chi connectivity index (χ1v) is 7.62. The normalized spacial score (nSPS) is 10.9. The summed E-state index contributed by atoms with van der Waals surface area (Å²) in [7, 11) is 1.68. The summed E-state index contributed by atoms with van der Waals surface area (Å²) < 4.78 is 11.2. The molecule has 1 rings (SSSR count). The quantitative estimate of drug-likeness (QED) is 0.654. The summed E-state index contributed by atoms with van der Waals surface area (Å²) >= 11 is 9.42. The second-order valence-corrected chi connectivity index (χ2v) is 5.50. The van der Waals surface area contributed by atoms with Crippen LogP contribution in [-0.2, 0) is 16.0 Å². The lowest BCUT2D eigenvalue weighted by Crippen LogP contribution is -2.15. The van der Waals surface area contributed by atoms with Crippen LogP contribution in [-0.4, -0.2) is 33.5 Å². The summed E-state index contributed by atoms with van der Waals surface area (Å²) in [5.74, 6) is 0. The molecule has 1 aromatic carbocycles. The van der Waals surface area contributed by atoms with E-state index in [1.165, 1.54) is 5.56 Å². The van der Waals surface area contributed by atoms with Crippen LogP contribution in [0.2, 0.25) is 5.02 Å². The Morgan fingerprint density at radius 3 is 2.79 bits per heavy atom. The average molecular weight is 351 g/mol. The first-order valence-electron chi connectivity index (χ1n) is 6.45. The molecule has 0 saturated carbocycles. The van der Waals surface area contributed by atoms with E-state index in [4.69, 9.17) is 21.1 Å². The Bertz CT molecular complexity index is 363. The maximum Gasteiger partial charge on any atom is 0.0700 e. The zero-order valence-electron chi connectivity index (χ0n) is 11.3. The lowest BCUT2D eigenvalue weighted by molar-refractivity contribution is 0.0688. The van der Waals surface area contributed by atoms with Crippen molar-refractivity contribution >= 4 is 27.5 Å². The number of ether oxygens (including phenoxy) is 2. The van der Waals surface area contributed by atoms with Gasteiger partial charge in [-0.15, -0.1) is 0 Å². The summed E-state index contributed by atoms with van der Waals surface area (Å²) in [5, 5.41) is 4.15. The fraction of sp³-hybridized carbons (Fsp3) is 0.571. The highest BCUT2D eigenvalue weighted by Crippen LogP contribution is 2.22. The monoisotopic (exact) mass is 349 g/mol. The number of halogens is 2. The molecule has 0 spiro atoms. The van der Waals surface area contributed by atoms with Crippen molar-refractivity contribution in [2.75, 3.05) is 33.5 Å². The molecule has 0 aromatic heterocycles. The molecule has 0 saturated heterocycles. The molecular weight excluding hydrogens is 330 g/mol. The molecular formula is C14H21BrClNO2. The minimum atomic E-state index is 0.669. The third-order valence-electron chi connectivity index (χ3n) is 2.64. The fourth-order valence-electron chi connectivity index (χ4n) is 1.58. The Morgan fingerprint density at radius 2 is 2.05 bits per heavy atom. The molecule has 0 aliphatic rings. The molecule has 0 heterocycles. The van der Waals surface area contributed by atoms with Gasteiger partial charge in [0.15, 0.2) is 0 Å². The number of nitrogens with one attached hydrogen (secondary N) is 1. The molecule has 0 amide bonds. The van der Waals surface area contributed by atoms with E-state index < -0.39 is 0 Å². The van der Waals surface area contributed by atoms with Crippen LogP contribution < -0.4 is 5.32 Å². The molecule has 0 fully saturated rings. The summed E-state index contributed by atoms with van der Waals surface area (Å²) in [5.41, 5.74) is 1.20. The van der Waals surface area contributed by atoms with Gasteiger partial charge in [-0.05, 0) is 53.0 Å². The third-order valence-corrected chi connectivity index (χ3v) is 3.87. The second-order valence-electron chi connectivity index (χ2n) is 4.24. The molecule has 0 aliphatic carbocycles. The highest BCUT2D eigenvalue weighted by Gasteiger charge is 1.98. The fourth-order valence-corrected chi connectivity index (χ4v) is 2.03. The lowest BCUT2D eigenvalue weighted by Gasteiger charge is -2.06.